The van der Waals surface area contributed by atoms with Crippen LogP contribution in [0.5, 0.6) is 11.5 Å². The molecule has 0 bridgehead atoms. The van der Waals surface area contributed by atoms with Gasteiger partial charge in [0.05, 0.1) is 4.92 Å². The fourth-order valence-corrected chi connectivity index (χ4v) is 2.10. The molecule has 3 rings (SSSR count). The third-order valence-electron chi connectivity index (χ3n) is 3.23. The molecular formula is C16H11FN2O5. The number of nitro benzene ring substituents is 1. The monoisotopic (exact) mass is 330 g/mol. The smallest absolute Gasteiger partial charge is 0.306 e. The molecule has 7 nitrogen and oxygen atoms in total. The molecule has 0 unspecified atom stereocenters. The zero-order chi connectivity index (χ0) is 17.1. The highest BCUT2D eigenvalue weighted by Gasteiger charge is 2.15. The summed E-state index contributed by atoms with van der Waals surface area (Å²) in [4.78, 5) is 21.7. The normalized spacial score (nSPS) is 12.4. The summed E-state index contributed by atoms with van der Waals surface area (Å²) in [6.45, 7) is 0.159. The molecule has 0 fully saturated rings. The molecule has 1 heterocycles. The Labute approximate surface area is 135 Å². The third-order valence-corrected chi connectivity index (χ3v) is 3.23. The first-order chi connectivity index (χ1) is 11.5. The highest BCUT2D eigenvalue weighted by atomic mass is 19.1. The molecule has 1 N–H and O–H groups in total. The zero-order valence-electron chi connectivity index (χ0n) is 12.2. The third kappa shape index (κ3) is 3.32. The molecule has 0 saturated heterocycles. The number of amides is 1. The van der Waals surface area contributed by atoms with Gasteiger partial charge >= 0.3 is 5.69 Å². The van der Waals surface area contributed by atoms with Crippen molar-refractivity contribution in [2.24, 2.45) is 0 Å². The number of rotatable bonds is 4. The number of carbonyl (C=O) groups is 1. The lowest BCUT2D eigenvalue weighted by molar-refractivity contribution is -0.387. The number of hydrogen-bond acceptors (Lipinski definition) is 5. The molecule has 24 heavy (non-hydrogen) atoms. The summed E-state index contributed by atoms with van der Waals surface area (Å²) < 4.78 is 23.7. The van der Waals surface area contributed by atoms with Crippen LogP contribution in [0, 0.1) is 15.9 Å². The van der Waals surface area contributed by atoms with Crippen LogP contribution in [-0.2, 0) is 4.79 Å². The predicted molar refractivity (Wildman–Crippen MR) is 83.3 cm³/mol. The zero-order valence-corrected chi connectivity index (χ0v) is 12.2. The maximum Gasteiger partial charge on any atom is 0.306 e. The Kier molecular flexibility index (Phi) is 4.11. The van der Waals surface area contributed by atoms with Crippen molar-refractivity contribution in [2.75, 3.05) is 12.1 Å². The quantitative estimate of drug-likeness (QED) is 0.528. The minimum Gasteiger partial charge on any atom is -0.454 e. The van der Waals surface area contributed by atoms with Crippen molar-refractivity contribution in [3.8, 4) is 11.5 Å². The van der Waals surface area contributed by atoms with E-state index in [1.54, 1.807) is 24.3 Å². The number of fused-ring (bicyclic) bond motifs is 1. The summed E-state index contributed by atoms with van der Waals surface area (Å²) in [7, 11) is 0. The van der Waals surface area contributed by atoms with Gasteiger partial charge in [-0.05, 0) is 35.9 Å². The Morgan fingerprint density at radius 3 is 2.79 bits per heavy atom. The second kappa shape index (κ2) is 6.37. The van der Waals surface area contributed by atoms with Crippen LogP contribution in [0.25, 0.3) is 6.08 Å². The van der Waals surface area contributed by atoms with Crippen LogP contribution in [0.15, 0.2) is 42.5 Å². The Balaban J connectivity index is 1.69. The molecule has 0 saturated carbocycles. The van der Waals surface area contributed by atoms with Gasteiger partial charge in [0.1, 0.15) is 0 Å². The number of nitrogens with zero attached hydrogens (tertiary/aromatic N) is 1. The van der Waals surface area contributed by atoms with Crippen molar-refractivity contribution < 1.29 is 23.6 Å². The van der Waals surface area contributed by atoms with Crippen LogP contribution >= 0.6 is 0 Å². The topological polar surface area (TPSA) is 90.7 Å². The number of ether oxygens (including phenoxy) is 2. The number of hydrogen-bond donors (Lipinski definition) is 1. The molecule has 122 valence electrons. The minimum atomic E-state index is -0.964. The molecular weight excluding hydrogens is 319 g/mol. The average molecular weight is 330 g/mol. The number of nitrogens with one attached hydrogen (secondary N) is 1. The molecule has 2 aromatic rings. The van der Waals surface area contributed by atoms with Crippen molar-refractivity contribution in [2.45, 2.75) is 0 Å². The Hall–Kier alpha value is -3.42. The molecule has 0 aromatic heterocycles. The van der Waals surface area contributed by atoms with E-state index in [0.717, 1.165) is 17.7 Å². The summed E-state index contributed by atoms with van der Waals surface area (Å²) in [5, 5.41) is 13.1. The van der Waals surface area contributed by atoms with Gasteiger partial charge in [0.25, 0.3) is 0 Å². The van der Waals surface area contributed by atoms with Crippen molar-refractivity contribution in [1.82, 2.24) is 0 Å². The Morgan fingerprint density at radius 1 is 1.21 bits per heavy atom. The van der Waals surface area contributed by atoms with Gasteiger partial charge in [-0.15, -0.1) is 0 Å². The van der Waals surface area contributed by atoms with Crippen molar-refractivity contribution in [3.05, 3.63) is 64.0 Å². The lowest BCUT2D eigenvalue weighted by atomic mass is 10.2. The fraction of sp³-hybridized carbons (Fsp3) is 0.0625. The lowest BCUT2D eigenvalue weighted by Crippen LogP contribution is -2.08. The van der Waals surface area contributed by atoms with E-state index in [0.29, 0.717) is 11.5 Å². The molecule has 0 radical (unpaired) electrons. The number of benzene rings is 2. The number of nitro groups is 1. The van der Waals surface area contributed by atoms with Gasteiger partial charge in [-0.3, -0.25) is 14.9 Å². The Bertz CT molecular complexity index is 850. The van der Waals surface area contributed by atoms with E-state index < -0.39 is 22.3 Å². The van der Waals surface area contributed by atoms with E-state index in [1.807, 2.05) is 0 Å². The lowest BCUT2D eigenvalue weighted by Gasteiger charge is -2.02. The van der Waals surface area contributed by atoms with Crippen molar-refractivity contribution >= 4 is 23.4 Å². The van der Waals surface area contributed by atoms with E-state index >= 15 is 0 Å². The standard InChI is InChI=1S/C16H11FN2O5/c17-12-4-3-11(8-13(12)19(21)22)18-16(20)6-2-10-1-5-14-15(7-10)24-9-23-14/h1-8H,9H2,(H,18,20)/b6-2+. The van der Waals surface area contributed by atoms with E-state index in [-0.39, 0.29) is 12.5 Å². The highest BCUT2D eigenvalue weighted by Crippen LogP contribution is 2.32. The van der Waals surface area contributed by atoms with E-state index in [1.165, 1.54) is 12.1 Å². The molecule has 1 aliphatic rings. The van der Waals surface area contributed by atoms with Crippen LogP contribution in [0.4, 0.5) is 15.8 Å². The molecule has 1 amide bonds. The van der Waals surface area contributed by atoms with Gasteiger partial charge in [0.15, 0.2) is 11.5 Å². The largest absolute Gasteiger partial charge is 0.454 e. The summed E-state index contributed by atoms with van der Waals surface area (Å²) in [6.07, 6.45) is 2.81. The average Bonchev–Trinajstić information content (AvgIpc) is 3.02. The van der Waals surface area contributed by atoms with Crippen LogP contribution in [0.2, 0.25) is 0 Å². The van der Waals surface area contributed by atoms with Gasteiger partial charge in [0, 0.05) is 17.8 Å². The number of anilines is 1. The predicted octanol–water partition coefficient (Wildman–Crippen LogP) is 3.11. The number of carbonyl (C=O) groups excluding carboxylic acids is 1. The molecule has 0 aliphatic carbocycles. The van der Waals surface area contributed by atoms with Gasteiger partial charge in [-0.2, -0.15) is 4.39 Å². The molecule has 0 atom stereocenters. The first-order valence-electron chi connectivity index (χ1n) is 6.85. The van der Waals surface area contributed by atoms with Crippen LogP contribution < -0.4 is 14.8 Å². The van der Waals surface area contributed by atoms with Crippen LogP contribution in [0.3, 0.4) is 0 Å². The highest BCUT2D eigenvalue weighted by molar-refractivity contribution is 6.02. The van der Waals surface area contributed by atoms with Gasteiger partial charge in [0.2, 0.25) is 18.5 Å². The van der Waals surface area contributed by atoms with Crippen LogP contribution in [-0.4, -0.2) is 17.6 Å². The van der Waals surface area contributed by atoms with Crippen molar-refractivity contribution in [1.29, 1.82) is 0 Å². The van der Waals surface area contributed by atoms with E-state index in [2.05, 4.69) is 5.32 Å². The van der Waals surface area contributed by atoms with E-state index in [9.17, 15) is 19.3 Å². The summed E-state index contributed by atoms with van der Waals surface area (Å²) in [5.74, 6) is -0.246. The summed E-state index contributed by atoms with van der Waals surface area (Å²) >= 11 is 0. The van der Waals surface area contributed by atoms with E-state index in [4.69, 9.17) is 9.47 Å². The SMILES string of the molecule is O=C(/C=C/c1ccc2c(c1)OCO2)Nc1ccc(F)c([N+](=O)[O-])c1. The summed E-state index contributed by atoms with van der Waals surface area (Å²) in [5.41, 5.74) is 0.149. The maximum atomic E-state index is 13.2. The van der Waals surface area contributed by atoms with Crippen LogP contribution in [0.1, 0.15) is 5.56 Å². The number of halogens is 1. The second-order valence-corrected chi connectivity index (χ2v) is 4.86. The molecule has 8 heteroatoms. The molecule has 1 aliphatic heterocycles. The molecule has 2 aromatic carbocycles. The van der Waals surface area contributed by atoms with Gasteiger partial charge in [-0.25, -0.2) is 0 Å². The van der Waals surface area contributed by atoms with Gasteiger partial charge in [-0.1, -0.05) is 6.07 Å². The maximum absolute atomic E-state index is 13.2. The molecule has 0 spiro atoms. The Morgan fingerprint density at radius 2 is 2.00 bits per heavy atom. The second-order valence-electron chi connectivity index (χ2n) is 4.86. The first-order valence-corrected chi connectivity index (χ1v) is 6.85. The fourth-order valence-electron chi connectivity index (χ4n) is 2.10. The summed E-state index contributed by atoms with van der Waals surface area (Å²) in [6, 6.07) is 8.32. The first kappa shape index (κ1) is 15.5. The van der Waals surface area contributed by atoms with Gasteiger partial charge < -0.3 is 14.8 Å². The minimum absolute atomic E-state index is 0.128. The van der Waals surface area contributed by atoms with Crippen molar-refractivity contribution in [3.63, 3.8) is 0 Å².